The van der Waals surface area contributed by atoms with Crippen LogP contribution in [0.15, 0.2) is 34.1 Å². The number of ether oxygens (including phenoxy) is 1. The first kappa shape index (κ1) is 13.8. The Kier molecular flexibility index (Phi) is 3.65. The van der Waals surface area contributed by atoms with Crippen LogP contribution in [0.3, 0.4) is 0 Å². The first-order valence-corrected chi connectivity index (χ1v) is 7.48. The van der Waals surface area contributed by atoms with Crippen LogP contribution in [-0.2, 0) is 0 Å². The Bertz CT molecular complexity index is 766. The SMILES string of the molecule is COc1cc(Cl)cc2cc(C(N)c3csc(Cl)c3)oc12. The molecule has 2 heterocycles. The Balaban J connectivity index is 2.08. The molecule has 0 fully saturated rings. The lowest BCUT2D eigenvalue weighted by molar-refractivity contribution is 0.406. The quantitative estimate of drug-likeness (QED) is 0.747. The van der Waals surface area contributed by atoms with E-state index in [0.29, 0.717) is 26.5 Å². The van der Waals surface area contributed by atoms with Crippen molar-refractivity contribution in [3.8, 4) is 5.75 Å². The molecule has 0 spiro atoms. The lowest BCUT2D eigenvalue weighted by Crippen LogP contribution is -2.09. The summed E-state index contributed by atoms with van der Waals surface area (Å²) >= 11 is 13.4. The summed E-state index contributed by atoms with van der Waals surface area (Å²) < 4.78 is 11.8. The van der Waals surface area contributed by atoms with E-state index < -0.39 is 0 Å². The number of halogens is 2. The molecular formula is C14H11Cl2NO2S. The van der Waals surface area contributed by atoms with Gasteiger partial charge in [0, 0.05) is 16.5 Å². The Labute approximate surface area is 129 Å². The number of thiophene rings is 1. The molecule has 104 valence electrons. The first-order valence-electron chi connectivity index (χ1n) is 5.85. The van der Waals surface area contributed by atoms with Crippen LogP contribution in [0.2, 0.25) is 9.36 Å². The van der Waals surface area contributed by atoms with Gasteiger partial charge in [-0.2, -0.15) is 0 Å². The van der Waals surface area contributed by atoms with Gasteiger partial charge in [-0.25, -0.2) is 0 Å². The number of fused-ring (bicyclic) bond motifs is 1. The van der Waals surface area contributed by atoms with E-state index in [1.54, 1.807) is 13.2 Å². The second-order valence-corrected chi connectivity index (χ2v) is 6.32. The molecule has 2 aromatic heterocycles. The fourth-order valence-electron chi connectivity index (χ4n) is 2.06. The molecule has 3 aromatic rings. The van der Waals surface area contributed by atoms with Gasteiger partial charge in [0.25, 0.3) is 0 Å². The number of nitrogens with two attached hydrogens (primary N) is 1. The summed E-state index contributed by atoms with van der Waals surface area (Å²) in [6.45, 7) is 0. The fraction of sp³-hybridized carbons (Fsp3) is 0.143. The summed E-state index contributed by atoms with van der Waals surface area (Å²) in [6, 6.07) is 6.88. The van der Waals surface area contributed by atoms with Gasteiger partial charge in [0.15, 0.2) is 11.3 Å². The Hall–Kier alpha value is -1.20. The Morgan fingerprint density at radius 3 is 2.70 bits per heavy atom. The van der Waals surface area contributed by atoms with Gasteiger partial charge in [-0.3, -0.25) is 0 Å². The summed E-state index contributed by atoms with van der Waals surface area (Å²) in [5, 5.41) is 3.37. The minimum absolute atomic E-state index is 0.366. The van der Waals surface area contributed by atoms with Gasteiger partial charge in [-0.1, -0.05) is 23.2 Å². The summed E-state index contributed by atoms with van der Waals surface area (Å²) in [4.78, 5) is 0. The van der Waals surface area contributed by atoms with Crippen molar-refractivity contribution >= 4 is 45.5 Å². The van der Waals surface area contributed by atoms with Crippen LogP contribution in [0, 0.1) is 0 Å². The molecule has 6 heteroatoms. The van der Waals surface area contributed by atoms with Crippen LogP contribution >= 0.6 is 34.5 Å². The predicted octanol–water partition coefficient (Wildman–Crippen LogP) is 4.86. The molecule has 0 aliphatic rings. The maximum absolute atomic E-state index is 6.20. The van der Waals surface area contributed by atoms with E-state index in [-0.39, 0.29) is 6.04 Å². The van der Waals surface area contributed by atoms with Gasteiger partial charge >= 0.3 is 0 Å². The molecule has 1 unspecified atom stereocenters. The largest absolute Gasteiger partial charge is 0.493 e. The molecular weight excluding hydrogens is 317 g/mol. The summed E-state index contributed by atoms with van der Waals surface area (Å²) in [5.74, 6) is 1.24. The smallest absolute Gasteiger partial charge is 0.176 e. The van der Waals surface area contributed by atoms with Crippen LogP contribution < -0.4 is 10.5 Å². The van der Waals surface area contributed by atoms with E-state index >= 15 is 0 Å². The lowest BCUT2D eigenvalue weighted by Gasteiger charge is -2.05. The third kappa shape index (κ3) is 2.40. The molecule has 3 rings (SSSR count). The highest BCUT2D eigenvalue weighted by atomic mass is 35.5. The molecule has 20 heavy (non-hydrogen) atoms. The predicted molar refractivity (Wildman–Crippen MR) is 83.1 cm³/mol. The van der Waals surface area contributed by atoms with Crippen LogP contribution in [0.1, 0.15) is 17.4 Å². The molecule has 0 aliphatic heterocycles. The summed E-state index contributed by atoms with van der Waals surface area (Å²) in [5.41, 5.74) is 7.77. The van der Waals surface area contributed by atoms with Gasteiger partial charge in [0.2, 0.25) is 0 Å². The first-order chi connectivity index (χ1) is 9.58. The van der Waals surface area contributed by atoms with Gasteiger partial charge in [-0.05, 0) is 29.1 Å². The van der Waals surface area contributed by atoms with Crippen molar-refractivity contribution in [3.05, 3.63) is 50.3 Å². The second kappa shape index (κ2) is 5.30. The number of furan rings is 1. The summed E-state index contributed by atoms with van der Waals surface area (Å²) in [6.07, 6.45) is 0. The highest BCUT2D eigenvalue weighted by Gasteiger charge is 2.18. The molecule has 2 N–H and O–H groups in total. The Morgan fingerprint density at radius 1 is 1.25 bits per heavy atom. The zero-order valence-electron chi connectivity index (χ0n) is 10.5. The molecule has 0 saturated heterocycles. The van der Waals surface area contributed by atoms with Crippen molar-refractivity contribution in [1.82, 2.24) is 0 Å². The zero-order chi connectivity index (χ0) is 14.3. The van der Waals surface area contributed by atoms with E-state index in [0.717, 1.165) is 10.9 Å². The Morgan fingerprint density at radius 2 is 2.05 bits per heavy atom. The third-order valence-electron chi connectivity index (χ3n) is 3.04. The molecule has 0 aliphatic carbocycles. The average Bonchev–Trinajstić information content (AvgIpc) is 3.02. The van der Waals surface area contributed by atoms with Gasteiger partial charge in [0.1, 0.15) is 5.76 Å². The highest BCUT2D eigenvalue weighted by molar-refractivity contribution is 7.14. The van der Waals surface area contributed by atoms with Crippen molar-refractivity contribution in [2.24, 2.45) is 5.73 Å². The van der Waals surface area contributed by atoms with Crippen molar-refractivity contribution in [2.45, 2.75) is 6.04 Å². The van der Waals surface area contributed by atoms with Crippen molar-refractivity contribution in [3.63, 3.8) is 0 Å². The van der Waals surface area contributed by atoms with E-state index in [4.69, 9.17) is 38.1 Å². The monoisotopic (exact) mass is 327 g/mol. The van der Waals surface area contributed by atoms with Crippen molar-refractivity contribution in [2.75, 3.05) is 7.11 Å². The van der Waals surface area contributed by atoms with E-state index in [1.807, 2.05) is 23.6 Å². The highest BCUT2D eigenvalue weighted by Crippen LogP contribution is 2.36. The third-order valence-corrected chi connectivity index (χ3v) is 4.37. The van der Waals surface area contributed by atoms with E-state index in [2.05, 4.69) is 0 Å². The van der Waals surface area contributed by atoms with Crippen LogP contribution in [0.25, 0.3) is 11.0 Å². The van der Waals surface area contributed by atoms with Gasteiger partial charge in [-0.15, -0.1) is 11.3 Å². The molecule has 3 nitrogen and oxygen atoms in total. The number of hydrogen-bond acceptors (Lipinski definition) is 4. The minimum Gasteiger partial charge on any atom is -0.493 e. The normalized spacial score (nSPS) is 12.8. The number of rotatable bonds is 3. The molecule has 1 aromatic carbocycles. The number of benzene rings is 1. The van der Waals surface area contributed by atoms with Crippen molar-refractivity contribution < 1.29 is 9.15 Å². The van der Waals surface area contributed by atoms with E-state index in [9.17, 15) is 0 Å². The molecule has 0 amide bonds. The number of hydrogen-bond donors (Lipinski definition) is 1. The van der Waals surface area contributed by atoms with Crippen LogP contribution in [0.4, 0.5) is 0 Å². The standard InChI is InChI=1S/C14H11Cl2NO2S/c1-18-11-5-9(15)2-7-3-10(19-14(7)11)13(17)8-4-12(16)20-6-8/h2-6,13H,17H2,1H3. The molecule has 0 radical (unpaired) electrons. The topological polar surface area (TPSA) is 48.4 Å². The fourth-order valence-corrected chi connectivity index (χ4v) is 3.21. The van der Waals surface area contributed by atoms with Crippen molar-refractivity contribution in [1.29, 1.82) is 0 Å². The van der Waals surface area contributed by atoms with Crippen LogP contribution in [-0.4, -0.2) is 7.11 Å². The zero-order valence-corrected chi connectivity index (χ0v) is 12.9. The average molecular weight is 328 g/mol. The maximum Gasteiger partial charge on any atom is 0.176 e. The molecule has 0 bridgehead atoms. The lowest BCUT2D eigenvalue weighted by atomic mass is 10.1. The second-order valence-electron chi connectivity index (χ2n) is 4.34. The minimum atomic E-state index is -0.366. The van der Waals surface area contributed by atoms with Gasteiger partial charge in [0.05, 0.1) is 17.5 Å². The maximum atomic E-state index is 6.20. The van der Waals surface area contributed by atoms with Crippen LogP contribution in [0.5, 0.6) is 5.75 Å². The molecule has 0 saturated carbocycles. The molecule has 1 atom stereocenters. The number of methoxy groups -OCH3 is 1. The van der Waals surface area contributed by atoms with E-state index in [1.165, 1.54) is 11.3 Å². The van der Waals surface area contributed by atoms with Gasteiger partial charge < -0.3 is 14.9 Å². The summed E-state index contributed by atoms with van der Waals surface area (Å²) in [7, 11) is 1.58.